The SMILES string of the molecule is NC(=O)c1nccc(N2CCNCC2)c1C(=O)C1(C(F)(F)F)CCC1. The Hall–Kier alpha value is -2.16. The van der Waals surface area contributed by atoms with Gasteiger partial charge in [-0.05, 0) is 18.9 Å². The summed E-state index contributed by atoms with van der Waals surface area (Å²) in [6, 6.07) is 1.48. The van der Waals surface area contributed by atoms with Crippen molar-refractivity contribution in [2.75, 3.05) is 31.1 Å². The molecule has 1 saturated carbocycles. The Kier molecular flexibility index (Phi) is 4.44. The standard InChI is InChI=1S/C16H19F3N4O2/c17-16(18,19)15(3-1-4-15)13(24)11-10(23-8-6-21-7-9-23)2-5-22-12(11)14(20)25/h2,5,21H,1,3-4,6-9H2,(H2,20,25). The zero-order valence-electron chi connectivity index (χ0n) is 13.5. The number of alkyl halides is 3. The topological polar surface area (TPSA) is 88.3 Å². The van der Waals surface area contributed by atoms with Crippen molar-refractivity contribution >= 4 is 17.4 Å². The van der Waals surface area contributed by atoms with E-state index in [0.29, 0.717) is 38.3 Å². The summed E-state index contributed by atoms with van der Waals surface area (Å²) in [5.74, 6) is -2.10. The molecule has 0 spiro atoms. The van der Waals surface area contributed by atoms with Gasteiger partial charge in [0, 0.05) is 32.4 Å². The Labute approximate surface area is 142 Å². The van der Waals surface area contributed by atoms with Gasteiger partial charge in [0.2, 0.25) is 0 Å². The normalized spacial score (nSPS) is 20.0. The number of carbonyl (C=O) groups excluding carboxylic acids is 2. The van der Waals surface area contributed by atoms with E-state index in [0.717, 1.165) is 0 Å². The summed E-state index contributed by atoms with van der Waals surface area (Å²) < 4.78 is 40.9. The first-order valence-electron chi connectivity index (χ1n) is 8.14. The van der Waals surface area contributed by atoms with Gasteiger partial charge in [-0.15, -0.1) is 0 Å². The molecule has 0 unspecified atom stereocenters. The van der Waals surface area contributed by atoms with Crippen LogP contribution in [0.1, 0.15) is 40.1 Å². The summed E-state index contributed by atoms with van der Waals surface area (Å²) in [6.07, 6.45) is -3.60. The maximum atomic E-state index is 13.6. The molecule has 9 heteroatoms. The number of amides is 1. The third-order valence-corrected chi connectivity index (χ3v) is 5.03. The summed E-state index contributed by atoms with van der Waals surface area (Å²) in [5.41, 5.74) is 2.46. The first kappa shape index (κ1) is 17.7. The summed E-state index contributed by atoms with van der Waals surface area (Å²) >= 11 is 0. The molecule has 0 aromatic carbocycles. The highest BCUT2D eigenvalue weighted by atomic mass is 19.4. The van der Waals surface area contributed by atoms with Crippen LogP contribution >= 0.6 is 0 Å². The van der Waals surface area contributed by atoms with Gasteiger partial charge in [0.25, 0.3) is 5.91 Å². The van der Waals surface area contributed by atoms with Crippen molar-refractivity contribution in [3.63, 3.8) is 0 Å². The van der Waals surface area contributed by atoms with Gasteiger partial charge >= 0.3 is 6.18 Å². The number of aromatic nitrogens is 1. The van der Waals surface area contributed by atoms with E-state index in [9.17, 15) is 22.8 Å². The Morgan fingerprint density at radius 3 is 2.36 bits per heavy atom. The largest absolute Gasteiger partial charge is 0.401 e. The number of nitrogens with zero attached hydrogens (tertiary/aromatic N) is 2. The molecule has 3 rings (SSSR count). The Morgan fingerprint density at radius 1 is 1.24 bits per heavy atom. The molecule has 25 heavy (non-hydrogen) atoms. The number of hydrogen-bond acceptors (Lipinski definition) is 5. The zero-order chi connectivity index (χ0) is 18.2. The summed E-state index contributed by atoms with van der Waals surface area (Å²) in [7, 11) is 0. The second-order valence-corrected chi connectivity index (χ2v) is 6.42. The van der Waals surface area contributed by atoms with E-state index in [-0.39, 0.29) is 18.4 Å². The highest BCUT2D eigenvalue weighted by Gasteiger charge is 2.63. The maximum absolute atomic E-state index is 13.6. The van der Waals surface area contributed by atoms with Gasteiger partial charge in [0.1, 0.15) is 11.1 Å². The minimum Gasteiger partial charge on any atom is -0.368 e. The summed E-state index contributed by atoms with van der Waals surface area (Å²) in [4.78, 5) is 30.3. The van der Waals surface area contributed by atoms with Crippen LogP contribution in [0.5, 0.6) is 0 Å². The maximum Gasteiger partial charge on any atom is 0.401 e. The van der Waals surface area contributed by atoms with E-state index in [1.165, 1.54) is 12.3 Å². The highest BCUT2D eigenvalue weighted by molar-refractivity contribution is 6.13. The molecule has 1 aromatic heterocycles. The van der Waals surface area contributed by atoms with Crippen LogP contribution in [0.3, 0.4) is 0 Å². The quantitative estimate of drug-likeness (QED) is 0.799. The number of anilines is 1. The predicted molar refractivity (Wildman–Crippen MR) is 84.5 cm³/mol. The van der Waals surface area contributed by atoms with Crippen LogP contribution in [0.4, 0.5) is 18.9 Å². The molecule has 0 atom stereocenters. The first-order valence-corrected chi connectivity index (χ1v) is 8.14. The smallest absolute Gasteiger partial charge is 0.368 e. The van der Waals surface area contributed by atoms with Crippen molar-refractivity contribution in [1.29, 1.82) is 0 Å². The van der Waals surface area contributed by atoms with Gasteiger partial charge in [0.05, 0.1) is 11.3 Å². The first-order chi connectivity index (χ1) is 11.8. The van der Waals surface area contributed by atoms with Crippen LogP contribution < -0.4 is 16.0 Å². The lowest BCUT2D eigenvalue weighted by molar-refractivity contribution is -0.227. The lowest BCUT2D eigenvalue weighted by atomic mass is 9.63. The Balaban J connectivity index is 2.12. The fourth-order valence-electron chi connectivity index (χ4n) is 3.44. The minimum absolute atomic E-state index is 0.274. The zero-order valence-corrected chi connectivity index (χ0v) is 13.5. The molecular weight excluding hydrogens is 337 g/mol. The number of piperazine rings is 1. The van der Waals surface area contributed by atoms with Gasteiger partial charge in [-0.1, -0.05) is 6.42 Å². The second kappa shape index (κ2) is 6.29. The van der Waals surface area contributed by atoms with Crippen molar-refractivity contribution < 1.29 is 22.8 Å². The van der Waals surface area contributed by atoms with Gasteiger partial charge in [0.15, 0.2) is 5.78 Å². The van der Waals surface area contributed by atoms with E-state index in [1.807, 2.05) is 0 Å². The Morgan fingerprint density at radius 2 is 1.88 bits per heavy atom. The number of halogens is 3. The van der Waals surface area contributed by atoms with Crippen LogP contribution in [0.15, 0.2) is 12.3 Å². The third-order valence-electron chi connectivity index (χ3n) is 5.03. The van der Waals surface area contributed by atoms with E-state index in [2.05, 4.69) is 10.3 Å². The molecule has 1 saturated heterocycles. The van der Waals surface area contributed by atoms with E-state index >= 15 is 0 Å². The molecule has 1 aliphatic heterocycles. The van der Waals surface area contributed by atoms with Gasteiger partial charge in [-0.25, -0.2) is 0 Å². The van der Waals surface area contributed by atoms with Crippen LogP contribution in [0, 0.1) is 5.41 Å². The molecular formula is C16H19F3N4O2. The van der Waals surface area contributed by atoms with Crippen LogP contribution in [0.2, 0.25) is 0 Å². The van der Waals surface area contributed by atoms with Crippen molar-refractivity contribution in [2.24, 2.45) is 11.1 Å². The molecule has 2 heterocycles. The van der Waals surface area contributed by atoms with E-state index < -0.39 is 29.0 Å². The molecule has 2 aliphatic rings. The van der Waals surface area contributed by atoms with Gasteiger partial charge < -0.3 is 16.0 Å². The number of nitrogens with one attached hydrogen (secondary N) is 1. The monoisotopic (exact) mass is 356 g/mol. The third kappa shape index (κ3) is 2.86. The van der Waals surface area contributed by atoms with Crippen LogP contribution in [0.25, 0.3) is 0 Å². The summed E-state index contributed by atoms with van der Waals surface area (Å²) in [6.45, 7) is 2.29. The molecule has 136 valence electrons. The lowest BCUT2D eigenvalue weighted by Gasteiger charge is -2.42. The van der Waals surface area contributed by atoms with Crippen molar-refractivity contribution in [3.05, 3.63) is 23.5 Å². The molecule has 6 nitrogen and oxygen atoms in total. The number of nitrogens with two attached hydrogens (primary N) is 1. The number of pyridine rings is 1. The molecule has 1 aliphatic carbocycles. The fourth-order valence-corrected chi connectivity index (χ4v) is 3.44. The average Bonchev–Trinajstić information content (AvgIpc) is 2.52. The molecule has 2 fully saturated rings. The fraction of sp³-hybridized carbons (Fsp3) is 0.562. The van der Waals surface area contributed by atoms with Gasteiger partial charge in [-0.3, -0.25) is 14.6 Å². The molecule has 1 aromatic rings. The molecule has 1 amide bonds. The predicted octanol–water partition coefficient (Wildman–Crippen LogP) is 1.51. The number of Topliss-reactive ketones (excluding diaryl/α,β-unsaturated/α-hetero) is 1. The lowest BCUT2D eigenvalue weighted by Crippen LogP contribution is -2.51. The van der Waals surface area contributed by atoms with Crippen molar-refractivity contribution in [3.8, 4) is 0 Å². The number of ketones is 1. The Bertz CT molecular complexity index is 695. The average molecular weight is 356 g/mol. The van der Waals surface area contributed by atoms with Gasteiger partial charge in [-0.2, -0.15) is 13.2 Å². The number of carbonyl (C=O) groups is 2. The van der Waals surface area contributed by atoms with Crippen molar-refractivity contribution in [1.82, 2.24) is 10.3 Å². The molecule has 3 N–H and O–H groups in total. The number of hydrogen-bond donors (Lipinski definition) is 2. The van der Waals surface area contributed by atoms with E-state index in [1.54, 1.807) is 4.90 Å². The molecule has 0 bridgehead atoms. The van der Waals surface area contributed by atoms with Crippen LogP contribution in [-0.2, 0) is 0 Å². The number of primary amides is 1. The number of rotatable bonds is 4. The molecule has 0 radical (unpaired) electrons. The second-order valence-electron chi connectivity index (χ2n) is 6.42. The summed E-state index contributed by atoms with van der Waals surface area (Å²) in [5, 5.41) is 3.13. The van der Waals surface area contributed by atoms with E-state index in [4.69, 9.17) is 5.73 Å². The highest BCUT2D eigenvalue weighted by Crippen LogP contribution is 2.55. The minimum atomic E-state index is -4.67. The van der Waals surface area contributed by atoms with Crippen molar-refractivity contribution in [2.45, 2.75) is 25.4 Å². The van der Waals surface area contributed by atoms with Crippen LogP contribution in [-0.4, -0.2) is 49.0 Å².